The molecule has 0 spiro atoms. The van der Waals surface area contributed by atoms with Gasteiger partial charge in [0.25, 0.3) is 0 Å². The second-order valence-corrected chi connectivity index (χ2v) is 4.31. The number of benzene rings is 1. The van der Waals surface area contributed by atoms with Gasteiger partial charge in [-0.15, -0.1) is 0 Å². The fourth-order valence-corrected chi connectivity index (χ4v) is 1.55. The van der Waals surface area contributed by atoms with Crippen LogP contribution in [0.15, 0.2) is 29.4 Å². The molecule has 0 aliphatic carbocycles. The zero-order valence-corrected chi connectivity index (χ0v) is 11.8. The van der Waals surface area contributed by atoms with Gasteiger partial charge in [-0.05, 0) is 42.7 Å². The van der Waals surface area contributed by atoms with Gasteiger partial charge in [-0.3, -0.25) is 14.8 Å². The third-order valence-electron chi connectivity index (χ3n) is 2.70. The van der Waals surface area contributed by atoms with Gasteiger partial charge in [0.05, 0.1) is 13.3 Å². The number of amides is 2. The molecule has 0 aromatic heterocycles. The van der Waals surface area contributed by atoms with Crippen LogP contribution in [0.4, 0.5) is 0 Å². The average Bonchev–Trinajstić information content (AvgIpc) is 2.52. The zero-order valence-electron chi connectivity index (χ0n) is 11.8. The van der Waals surface area contributed by atoms with Crippen molar-refractivity contribution in [3.8, 4) is 5.75 Å². The molecule has 0 unspecified atom stereocenters. The predicted molar refractivity (Wildman–Crippen MR) is 77.1 cm³/mol. The maximum atomic E-state index is 11.5. The number of rotatable bonds is 8. The fraction of sp³-hybridized carbons (Fsp3) is 0.357. The normalized spacial score (nSPS) is 10.4. The Morgan fingerprint density at radius 3 is 2.38 bits per heavy atom. The molecule has 0 bridgehead atoms. The summed E-state index contributed by atoms with van der Waals surface area (Å²) in [7, 11) is 1.59. The molecule has 0 atom stereocenters. The standard InChI is InChI=1S/C14H19N3O4/c1-21-12-8-6-11(7-9-12)10-15-16-13(18)4-2-3-5-14(19)17-20/h6-10,20H,2-5H2,1H3,(H,16,18)(H,17,19)/b15-10+. The molecule has 1 aromatic carbocycles. The van der Waals surface area contributed by atoms with Gasteiger partial charge in [-0.2, -0.15) is 5.10 Å². The van der Waals surface area contributed by atoms with Crippen molar-refractivity contribution in [2.45, 2.75) is 25.7 Å². The van der Waals surface area contributed by atoms with E-state index in [4.69, 9.17) is 9.94 Å². The van der Waals surface area contributed by atoms with E-state index < -0.39 is 5.91 Å². The highest BCUT2D eigenvalue weighted by Crippen LogP contribution is 2.09. The molecule has 7 heteroatoms. The molecular formula is C14H19N3O4. The maximum Gasteiger partial charge on any atom is 0.243 e. The molecule has 21 heavy (non-hydrogen) atoms. The number of methoxy groups -OCH3 is 1. The van der Waals surface area contributed by atoms with Gasteiger partial charge >= 0.3 is 0 Å². The SMILES string of the molecule is COc1ccc(/C=N/NC(=O)CCCCC(=O)NO)cc1. The lowest BCUT2D eigenvalue weighted by Crippen LogP contribution is -2.19. The van der Waals surface area contributed by atoms with Gasteiger partial charge < -0.3 is 4.74 Å². The molecule has 0 fully saturated rings. The van der Waals surface area contributed by atoms with Crippen LogP contribution in [0.2, 0.25) is 0 Å². The second kappa shape index (κ2) is 9.49. The zero-order chi connectivity index (χ0) is 15.5. The van der Waals surface area contributed by atoms with Crippen molar-refractivity contribution in [1.82, 2.24) is 10.9 Å². The van der Waals surface area contributed by atoms with Crippen molar-refractivity contribution in [2.75, 3.05) is 7.11 Å². The van der Waals surface area contributed by atoms with Crippen molar-refractivity contribution < 1.29 is 19.5 Å². The average molecular weight is 293 g/mol. The predicted octanol–water partition coefficient (Wildman–Crippen LogP) is 1.21. The highest BCUT2D eigenvalue weighted by atomic mass is 16.5. The van der Waals surface area contributed by atoms with E-state index in [2.05, 4.69) is 10.5 Å². The Morgan fingerprint density at radius 2 is 1.81 bits per heavy atom. The van der Waals surface area contributed by atoms with Gasteiger partial charge in [-0.25, -0.2) is 10.9 Å². The number of hydroxylamine groups is 1. The quantitative estimate of drug-likeness (QED) is 0.290. The van der Waals surface area contributed by atoms with Gasteiger partial charge in [-0.1, -0.05) is 0 Å². The van der Waals surface area contributed by atoms with E-state index in [-0.39, 0.29) is 18.7 Å². The number of nitrogens with one attached hydrogen (secondary N) is 2. The van der Waals surface area contributed by atoms with Gasteiger partial charge in [0.2, 0.25) is 11.8 Å². The summed E-state index contributed by atoms with van der Waals surface area (Å²) < 4.78 is 5.03. The first-order valence-corrected chi connectivity index (χ1v) is 6.54. The summed E-state index contributed by atoms with van der Waals surface area (Å²) in [6.07, 6.45) is 3.09. The number of carbonyl (C=O) groups is 2. The molecule has 7 nitrogen and oxygen atoms in total. The highest BCUT2D eigenvalue weighted by Gasteiger charge is 2.02. The maximum absolute atomic E-state index is 11.5. The molecule has 0 saturated carbocycles. The van der Waals surface area contributed by atoms with Gasteiger partial charge in [0, 0.05) is 12.8 Å². The first-order valence-electron chi connectivity index (χ1n) is 6.54. The van der Waals surface area contributed by atoms with Gasteiger partial charge in [0.1, 0.15) is 5.75 Å². The first-order chi connectivity index (χ1) is 10.2. The Bertz CT molecular complexity index is 485. The van der Waals surface area contributed by atoms with Crippen LogP contribution in [0.3, 0.4) is 0 Å². The molecule has 0 aliphatic heterocycles. The van der Waals surface area contributed by atoms with Gasteiger partial charge in [0.15, 0.2) is 0 Å². The number of unbranched alkanes of at least 4 members (excludes halogenated alkanes) is 1. The van der Waals surface area contributed by atoms with Crippen LogP contribution in [0.5, 0.6) is 5.75 Å². The van der Waals surface area contributed by atoms with Crippen LogP contribution >= 0.6 is 0 Å². The third-order valence-corrected chi connectivity index (χ3v) is 2.70. The number of nitrogens with zero attached hydrogens (tertiary/aromatic N) is 1. The number of hydrogen-bond donors (Lipinski definition) is 3. The van der Waals surface area contributed by atoms with E-state index in [0.29, 0.717) is 12.8 Å². The number of hydrazone groups is 1. The van der Waals surface area contributed by atoms with E-state index in [1.54, 1.807) is 24.7 Å². The number of hydrogen-bond acceptors (Lipinski definition) is 5. The van der Waals surface area contributed by atoms with E-state index in [9.17, 15) is 9.59 Å². The summed E-state index contributed by atoms with van der Waals surface area (Å²) in [5.41, 5.74) is 4.80. The Hall–Kier alpha value is -2.41. The third kappa shape index (κ3) is 7.07. The lowest BCUT2D eigenvalue weighted by Gasteiger charge is -2.01. The molecule has 0 radical (unpaired) electrons. The van der Waals surface area contributed by atoms with Crippen molar-refractivity contribution >= 4 is 18.0 Å². The molecule has 114 valence electrons. The molecule has 1 aromatic rings. The molecule has 0 aliphatic rings. The summed E-state index contributed by atoms with van der Waals surface area (Å²) in [4.78, 5) is 22.2. The van der Waals surface area contributed by atoms with E-state index in [1.807, 2.05) is 12.1 Å². The number of ether oxygens (including phenoxy) is 1. The molecule has 2 amide bonds. The van der Waals surface area contributed by atoms with Crippen LogP contribution < -0.4 is 15.6 Å². The Balaban J connectivity index is 2.22. The van der Waals surface area contributed by atoms with Crippen molar-refractivity contribution in [2.24, 2.45) is 5.10 Å². The van der Waals surface area contributed by atoms with E-state index in [0.717, 1.165) is 11.3 Å². The largest absolute Gasteiger partial charge is 0.497 e. The Morgan fingerprint density at radius 1 is 1.19 bits per heavy atom. The first kappa shape index (κ1) is 16.6. The molecule has 3 N–H and O–H groups in total. The summed E-state index contributed by atoms with van der Waals surface area (Å²) in [5, 5.41) is 12.1. The summed E-state index contributed by atoms with van der Waals surface area (Å²) in [5.74, 6) is 0.0835. The van der Waals surface area contributed by atoms with Crippen molar-refractivity contribution in [3.63, 3.8) is 0 Å². The molecule has 1 rings (SSSR count). The minimum atomic E-state index is -0.451. The summed E-state index contributed by atoms with van der Waals surface area (Å²) >= 11 is 0. The molecule has 0 saturated heterocycles. The fourth-order valence-electron chi connectivity index (χ4n) is 1.55. The van der Waals surface area contributed by atoms with E-state index >= 15 is 0 Å². The lowest BCUT2D eigenvalue weighted by atomic mass is 10.2. The van der Waals surface area contributed by atoms with Crippen LogP contribution in [-0.2, 0) is 9.59 Å². The topological polar surface area (TPSA) is 100 Å². The highest BCUT2D eigenvalue weighted by molar-refractivity contribution is 5.82. The lowest BCUT2D eigenvalue weighted by molar-refractivity contribution is -0.129. The Kier molecular flexibility index (Phi) is 7.52. The van der Waals surface area contributed by atoms with Crippen LogP contribution in [0.25, 0.3) is 0 Å². The van der Waals surface area contributed by atoms with Crippen LogP contribution in [-0.4, -0.2) is 30.3 Å². The molecule has 0 heterocycles. The summed E-state index contributed by atoms with van der Waals surface area (Å²) in [6.45, 7) is 0. The Labute approximate surface area is 123 Å². The van der Waals surface area contributed by atoms with Crippen LogP contribution in [0.1, 0.15) is 31.2 Å². The van der Waals surface area contributed by atoms with Crippen LogP contribution in [0, 0.1) is 0 Å². The summed E-state index contributed by atoms with van der Waals surface area (Å²) in [6, 6.07) is 7.24. The molecular weight excluding hydrogens is 274 g/mol. The second-order valence-electron chi connectivity index (χ2n) is 4.31. The number of carbonyl (C=O) groups excluding carboxylic acids is 2. The smallest absolute Gasteiger partial charge is 0.243 e. The van der Waals surface area contributed by atoms with E-state index in [1.165, 1.54) is 6.21 Å². The van der Waals surface area contributed by atoms with Crippen molar-refractivity contribution in [3.05, 3.63) is 29.8 Å². The monoisotopic (exact) mass is 293 g/mol. The van der Waals surface area contributed by atoms with Crippen molar-refractivity contribution in [1.29, 1.82) is 0 Å². The minimum Gasteiger partial charge on any atom is -0.497 e. The minimum absolute atomic E-state index is 0.193.